The fraction of sp³-hybridized carbons (Fsp3) is 0.571. The lowest BCUT2D eigenvalue weighted by molar-refractivity contribution is 0.243. The van der Waals surface area contributed by atoms with Crippen LogP contribution in [-0.2, 0) is 6.54 Å². The fourth-order valence-corrected chi connectivity index (χ4v) is 3.05. The van der Waals surface area contributed by atoms with E-state index in [9.17, 15) is 5.11 Å². The lowest BCUT2D eigenvalue weighted by atomic mass is 10.2. The number of fused-ring (bicyclic) bond motifs is 1. The third-order valence-electron chi connectivity index (χ3n) is 3.92. The standard InChI is InChI=1S/C14H20N4O/c1-2-17-8-4-6-12(17)14-16-11-5-3-7-15-13(11)18(14)9-10-19/h3,5,7,12,19H,2,4,6,8-10H2,1H3. The van der Waals surface area contributed by atoms with Crippen molar-refractivity contribution >= 4 is 11.2 Å². The fourth-order valence-electron chi connectivity index (χ4n) is 3.05. The first-order chi connectivity index (χ1) is 9.35. The van der Waals surface area contributed by atoms with Gasteiger partial charge in [0.15, 0.2) is 5.65 Å². The Bertz CT molecular complexity index is 566. The summed E-state index contributed by atoms with van der Waals surface area (Å²) in [5, 5.41) is 9.30. The van der Waals surface area contributed by atoms with E-state index in [1.807, 2.05) is 12.1 Å². The summed E-state index contributed by atoms with van der Waals surface area (Å²) in [6.45, 7) is 5.05. The van der Waals surface area contributed by atoms with Gasteiger partial charge in [-0.2, -0.15) is 0 Å². The van der Waals surface area contributed by atoms with Gasteiger partial charge in [0.05, 0.1) is 12.6 Å². The van der Waals surface area contributed by atoms with Crippen LogP contribution in [0.25, 0.3) is 11.2 Å². The Hall–Kier alpha value is -1.46. The van der Waals surface area contributed by atoms with Crippen LogP contribution in [0.5, 0.6) is 0 Å². The summed E-state index contributed by atoms with van der Waals surface area (Å²) in [6.07, 6.45) is 4.14. The first-order valence-corrected chi connectivity index (χ1v) is 7.01. The van der Waals surface area contributed by atoms with E-state index < -0.39 is 0 Å². The van der Waals surface area contributed by atoms with Crippen molar-refractivity contribution in [2.75, 3.05) is 19.7 Å². The molecule has 0 spiro atoms. The highest BCUT2D eigenvalue weighted by atomic mass is 16.3. The number of likely N-dealkylation sites (tertiary alicyclic amines) is 1. The van der Waals surface area contributed by atoms with Crippen molar-refractivity contribution in [1.82, 2.24) is 19.4 Å². The predicted octanol–water partition coefficient (Wildman–Crippen LogP) is 1.58. The summed E-state index contributed by atoms with van der Waals surface area (Å²) in [5.74, 6) is 1.06. The highest BCUT2D eigenvalue weighted by Gasteiger charge is 2.29. The molecule has 1 atom stereocenters. The van der Waals surface area contributed by atoms with Gasteiger partial charge in [-0.25, -0.2) is 9.97 Å². The van der Waals surface area contributed by atoms with Crippen LogP contribution in [0.2, 0.25) is 0 Å². The zero-order valence-electron chi connectivity index (χ0n) is 11.3. The second kappa shape index (κ2) is 5.27. The predicted molar refractivity (Wildman–Crippen MR) is 73.8 cm³/mol. The van der Waals surface area contributed by atoms with Crippen molar-refractivity contribution in [3.05, 3.63) is 24.2 Å². The molecule has 2 aromatic heterocycles. The summed E-state index contributed by atoms with van der Waals surface area (Å²) < 4.78 is 2.08. The van der Waals surface area contributed by atoms with Gasteiger partial charge in [-0.15, -0.1) is 0 Å². The molecule has 0 bridgehead atoms. The van der Waals surface area contributed by atoms with E-state index >= 15 is 0 Å². The van der Waals surface area contributed by atoms with Gasteiger partial charge >= 0.3 is 0 Å². The Kier molecular flexibility index (Phi) is 3.48. The van der Waals surface area contributed by atoms with E-state index in [2.05, 4.69) is 21.4 Å². The Morgan fingerprint density at radius 1 is 1.47 bits per heavy atom. The Balaban J connectivity index is 2.08. The third kappa shape index (κ3) is 2.13. The molecule has 1 aliphatic heterocycles. The molecule has 1 saturated heterocycles. The maximum absolute atomic E-state index is 9.30. The molecule has 102 valence electrons. The van der Waals surface area contributed by atoms with E-state index in [1.165, 1.54) is 6.42 Å². The van der Waals surface area contributed by atoms with Crippen molar-refractivity contribution in [3.63, 3.8) is 0 Å². The normalized spacial score (nSPS) is 20.4. The highest BCUT2D eigenvalue weighted by Crippen LogP contribution is 2.32. The molecule has 0 aliphatic carbocycles. The molecule has 1 unspecified atom stereocenters. The van der Waals surface area contributed by atoms with Crippen LogP contribution in [0, 0.1) is 0 Å². The number of aliphatic hydroxyl groups excluding tert-OH is 1. The maximum Gasteiger partial charge on any atom is 0.160 e. The van der Waals surface area contributed by atoms with E-state index in [0.29, 0.717) is 12.6 Å². The van der Waals surface area contributed by atoms with Crippen molar-refractivity contribution in [1.29, 1.82) is 0 Å². The van der Waals surface area contributed by atoms with Gasteiger partial charge in [-0.3, -0.25) is 4.90 Å². The number of aliphatic hydroxyl groups is 1. The first kappa shape index (κ1) is 12.6. The number of aromatic nitrogens is 3. The van der Waals surface area contributed by atoms with E-state index in [0.717, 1.165) is 36.5 Å². The van der Waals surface area contributed by atoms with E-state index in [-0.39, 0.29) is 6.61 Å². The first-order valence-electron chi connectivity index (χ1n) is 7.01. The minimum atomic E-state index is 0.119. The molecule has 1 fully saturated rings. The molecule has 0 saturated carbocycles. The number of imidazole rings is 1. The summed E-state index contributed by atoms with van der Waals surface area (Å²) in [6, 6.07) is 4.27. The van der Waals surface area contributed by atoms with Crippen LogP contribution in [0.15, 0.2) is 18.3 Å². The summed E-state index contributed by atoms with van der Waals surface area (Å²) >= 11 is 0. The van der Waals surface area contributed by atoms with Gasteiger partial charge in [-0.1, -0.05) is 6.92 Å². The molecule has 5 heteroatoms. The van der Waals surface area contributed by atoms with Gasteiger partial charge in [0.25, 0.3) is 0 Å². The van der Waals surface area contributed by atoms with Crippen LogP contribution >= 0.6 is 0 Å². The van der Waals surface area contributed by atoms with Crippen molar-refractivity contribution in [3.8, 4) is 0 Å². The second-order valence-electron chi connectivity index (χ2n) is 4.98. The highest BCUT2D eigenvalue weighted by molar-refractivity contribution is 5.71. The average Bonchev–Trinajstić information content (AvgIpc) is 3.03. The van der Waals surface area contributed by atoms with Gasteiger partial charge < -0.3 is 9.67 Å². The van der Waals surface area contributed by atoms with Crippen molar-refractivity contribution in [2.45, 2.75) is 32.4 Å². The van der Waals surface area contributed by atoms with Crippen LogP contribution in [0.1, 0.15) is 31.6 Å². The topological polar surface area (TPSA) is 54.2 Å². The van der Waals surface area contributed by atoms with Gasteiger partial charge in [0.1, 0.15) is 11.3 Å². The average molecular weight is 260 g/mol. The van der Waals surface area contributed by atoms with Gasteiger partial charge in [0.2, 0.25) is 0 Å². The van der Waals surface area contributed by atoms with Crippen LogP contribution in [0.3, 0.4) is 0 Å². The largest absolute Gasteiger partial charge is 0.395 e. The molecule has 1 aliphatic rings. The monoisotopic (exact) mass is 260 g/mol. The molecular weight excluding hydrogens is 240 g/mol. The number of pyridine rings is 1. The quantitative estimate of drug-likeness (QED) is 0.907. The molecule has 2 aromatic rings. The van der Waals surface area contributed by atoms with Crippen LogP contribution in [0.4, 0.5) is 0 Å². The maximum atomic E-state index is 9.30. The Morgan fingerprint density at radius 2 is 2.37 bits per heavy atom. The Labute approximate surface area is 112 Å². The van der Waals surface area contributed by atoms with Gasteiger partial charge in [0, 0.05) is 12.7 Å². The van der Waals surface area contributed by atoms with E-state index in [4.69, 9.17) is 4.98 Å². The number of rotatable bonds is 4. The summed E-state index contributed by atoms with van der Waals surface area (Å²) in [4.78, 5) is 11.6. The lowest BCUT2D eigenvalue weighted by Crippen LogP contribution is -2.25. The molecule has 3 rings (SSSR count). The lowest BCUT2D eigenvalue weighted by Gasteiger charge is -2.22. The van der Waals surface area contributed by atoms with Crippen LogP contribution < -0.4 is 0 Å². The molecule has 0 radical (unpaired) electrons. The summed E-state index contributed by atoms with van der Waals surface area (Å²) in [7, 11) is 0. The van der Waals surface area contributed by atoms with Crippen molar-refractivity contribution < 1.29 is 5.11 Å². The van der Waals surface area contributed by atoms with Crippen molar-refractivity contribution in [2.24, 2.45) is 0 Å². The smallest absolute Gasteiger partial charge is 0.160 e. The zero-order chi connectivity index (χ0) is 13.2. The molecule has 5 nitrogen and oxygen atoms in total. The minimum Gasteiger partial charge on any atom is -0.395 e. The molecule has 1 N–H and O–H groups in total. The summed E-state index contributed by atoms with van der Waals surface area (Å²) in [5.41, 5.74) is 1.81. The third-order valence-corrected chi connectivity index (χ3v) is 3.92. The molecular formula is C14H20N4O. The SMILES string of the molecule is CCN1CCCC1c1nc2cccnc2n1CCO. The zero-order valence-corrected chi connectivity index (χ0v) is 11.3. The van der Waals surface area contributed by atoms with Crippen LogP contribution in [-0.4, -0.2) is 44.2 Å². The second-order valence-corrected chi connectivity index (χ2v) is 4.98. The number of nitrogens with zero attached hydrogens (tertiary/aromatic N) is 4. The molecule has 0 aromatic carbocycles. The number of hydrogen-bond acceptors (Lipinski definition) is 4. The molecule has 19 heavy (non-hydrogen) atoms. The van der Waals surface area contributed by atoms with Gasteiger partial charge in [-0.05, 0) is 38.1 Å². The number of hydrogen-bond donors (Lipinski definition) is 1. The molecule has 0 amide bonds. The van der Waals surface area contributed by atoms with E-state index in [1.54, 1.807) is 6.20 Å². The molecule has 3 heterocycles. The minimum absolute atomic E-state index is 0.119. The Morgan fingerprint density at radius 3 is 3.16 bits per heavy atom.